The minimum atomic E-state index is -3.23. The van der Waals surface area contributed by atoms with E-state index in [9.17, 15) is 14.3 Å². The third-order valence-electron chi connectivity index (χ3n) is 5.13. The fourth-order valence-electron chi connectivity index (χ4n) is 3.28. The summed E-state index contributed by atoms with van der Waals surface area (Å²) in [6, 6.07) is 3.99. The summed E-state index contributed by atoms with van der Waals surface area (Å²) in [5, 5.41) is 19.0. The number of carbonyl (C=O) groups is 1. The molecule has 0 saturated heterocycles. The Balaban J connectivity index is 1.90. The number of aromatic nitrogens is 3. The number of benzene rings is 1. The zero-order chi connectivity index (χ0) is 30.5. The number of aliphatic hydroxyl groups is 1. The summed E-state index contributed by atoms with van der Waals surface area (Å²) < 4.78 is 85.8. The van der Waals surface area contributed by atoms with Crippen LogP contribution in [-0.4, -0.2) is 44.0 Å². The van der Waals surface area contributed by atoms with Crippen LogP contribution in [0, 0.1) is 12.7 Å². The summed E-state index contributed by atoms with van der Waals surface area (Å²) in [5.41, 5.74) is -1.67. The van der Waals surface area contributed by atoms with Crippen LogP contribution in [-0.2, 0) is 6.98 Å². The average Bonchev–Trinajstić information content (AvgIpc) is 3.50. The smallest absolute Gasteiger partial charge is 0.254 e. The van der Waals surface area contributed by atoms with Gasteiger partial charge in [0, 0.05) is 54.4 Å². The summed E-state index contributed by atoms with van der Waals surface area (Å²) in [7, 11) is 0. The summed E-state index contributed by atoms with van der Waals surface area (Å²) in [6.07, 6.45) is 5.20. The summed E-state index contributed by atoms with van der Waals surface area (Å²) in [5.74, 6) is -1.59. The number of pyridine rings is 1. The van der Waals surface area contributed by atoms with Crippen molar-refractivity contribution in [2.24, 2.45) is 6.98 Å². The lowest BCUT2D eigenvalue weighted by molar-refractivity contribution is 0.0947. The molecule has 1 aromatic carbocycles. The number of amides is 1. The topological polar surface area (TPSA) is 92.1 Å². The highest BCUT2D eigenvalue weighted by Gasteiger charge is 2.26. The van der Waals surface area contributed by atoms with Crippen molar-refractivity contribution in [2.75, 3.05) is 11.9 Å². The summed E-state index contributed by atoms with van der Waals surface area (Å²) in [6.45, 7) is -8.82. The quantitative estimate of drug-likeness (QED) is 0.515. The van der Waals surface area contributed by atoms with E-state index >= 15 is 0 Å². The highest BCUT2D eigenvalue weighted by Crippen LogP contribution is 2.34. The first-order valence-electron chi connectivity index (χ1n) is 14.4. The van der Waals surface area contributed by atoms with Gasteiger partial charge in [-0.05, 0) is 62.8 Å². The Bertz CT molecular complexity index is 1450. The van der Waals surface area contributed by atoms with E-state index in [4.69, 9.17) is 12.3 Å². The van der Waals surface area contributed by atoms with Gasteiger partial charge in [-0.15, -0.1) is 0 Å². The van der Waals surface area contributed by atoms with E-state index in [-0.39, 0.29) is 28.6 Å². The first-order valence-corrected chi connectivity index (χ1v) is 9.94. The predicted molar refractivity (Wildman–Crippen MR) is 122 cm³/mol. The molecule has 1 fully saturated rings. The van der Waals surface area contributed by atoms with E-state index in [2.05, 4.69) is 20.7 Å². The molecule has 0 unspecified atom stereocenters. The first-order chi connectivity index (χ1) is 18.9. The molecule has 1 saturated carbocycles. The molecular weight excluding hydrogens is 409 g/mol. The summed E-state index contributed by atoms with van der Waals surface area (Å²) >= 11 is 0. The van der Waals surface area contributed by atoms with Crippen LogP contribution in [0.5, 0.6) is 0 Å². The molecule has 0 atom stereocenters. The molecule has 0 bridgehead atoms. The van der Waals surface area contributed by atoms with Crippen molar-refractivity contribution in [3.05, 3.63) is 53.7 Å². The van der Waals surface area contributed by atoms with Crippen molar-refractivity contribution in [1.82, 2.24) is 20.1 Å². The predicted octanol–water partition coefficient (Wildman–Crippen LogP) is 3.67. The van der Waals surface area contributed by atoms with E-state index in [1.807, 2.05) is 0 Å². The fourth-order valence-corrected chi connectivity index (χ4v) is 3.28. The number of nitrogens with one attached hydrogen (secondary N) is 2. The Kier molecular flexibility index (Phi) is 3.48. The summed E-state index contributed by atoms with van der Waals surface area (Å²) in [4.78, 5) is 16.9. The van der Waals surface area contributed by atoms with Crippen LogP contribution in [0.3, 0.4) is 0 Å². The third-order valence-corrected chi connectivity index (χ3v) is 5.13. The minimum Gasteiger partial charge on any atom is -0.394 e. The highest BCUT2D eigenvalue weighted by molar-refractivity contribution is 5.96. The Labute approximate surface area is 199 Å². The molecule has 0 radical (unpaired) electrons. The molecule has 1 aliphatic rings. The molecule has 4 rings (SSSR count). The zero-order valence-corrected chi connectivity index (χ0v) is 17.2. The molecule has 3 aromatic rings. The molecule has 0 aliphatic heterocycles. The average molecular weight is 447 g/mol. The van der Waals surface area contributed by atoms with Crippen LogP contribution in [0.1, 0.15) is 54.8 Å². The maximum Gasteiger partial charge on any atom is 0.254 e. The molecular formula is C24H28FN5O2. The Hall–Kier alpha value is -3.26. The second kappa shape index (κ2) is 8.35. The van der Waals surface area contributed by atoms with Crippen molar-refractivity contribution >= 4 is 11.7 Å². The Morgan fingerprint density at radius 1 is 1.28 bits per heavy atom. The van der Waals surface area contributed by atoms with Crippen molar-refractivity contribution in [3.8, 4) is 22.3 Å². The Morgan fingerprint density at radius 2 is 2.09 bits per heavy atom. The normalized spacial score (nSPS) is 19.2. The van der Waals surface area contributed by atoms with Crippen LogP contribution < -0.4 is 10.6 Å². The molecule has 3 N–H and O–H groups in total. The molecule has 2 aromatic heterocycles. The lowest BCUT2D eigenvalue weighted by Crippen LogP contribution is -2.35. The van der Waals surface area contributed by atoms with Crippen molar-refractivity contribution in [2.45, 2.75) is 45.0 Å². The molecule has 2 heterocycles. The van der Waals surface area contributed by atoms with Crippen LogP contribution in [0.25, 0.3) is 22.3 Å². The number of aryl methyl sites for hydroxylation is 2. The third kappa shape index (κ3) is 4.65. The number of rotatable bonds is 7. The van der Waals surface area contributed by atoms with Gasteiger partial charge in [-0.2, -0.15) is 5.10 Å². The molecule has 7 nitrogen and oxygen atoms in total. The van der Waals surface area contributed by atoms with Crippen LogP contribution >= 0.6 is 0 Å². The number of aliphatic hydroxyl groups excluding tert-OH is 1. The maximum atomic E-state index is 14.8. The lowest BCUT2D eigenvalue weighted by Gasteiger charge is -2.26. The van der Waals surface area contributed by atoms with E-state index in [0.717, 1.165) is 19.0 Å². The molecule has 1 aliphatic carbocycles. The van der Waals surface area contributed by atoms with Gasteiger partial charge in [0.2, 0.25) is 0 Å². The largest absolute Gasteiger partial charge is 0.394 e. The number of anilines is 1. The van der Waals surface area contributed by atoms with Crippen LogP contribution in [0.2, 0.25) is 0 Å². The number of halogens is 1. The van der Waals surface area contributed by atoms with E-state index in [0.29, 0.717) is 21.4 Å². The van der Waals surface area contributed by atoms with Gasteiger partial charge >= 0.3 is 0 Å². The number of nitrogens with zero attached hydrogens (tertiary/aromatic N) is 3. The van der Waals surface area contributed by atoms with Gasteiger partial charge in [0.25, 0.3) is 5.91 Å². The second-order valence-corrected chi connectivity index (χ2v) is 7.88. The zero-order valence-electron chi connectivity index (χ0n) is 26.2. The van der Waals surface area contributed by atoms with Crippen molar-refractivity contribution in [3.63, 3.8) is 0 Å². The van der Waals surface area contributed by atoms with Gasteiger partial charge in [-0.1, -0.05) is 0 Å². The number of carbonyl (C=O) groups excluding carboxylic acids is 1. The van der Waals surface area contributed by atoms with E-state index in [1.54, 1.807) is 6.92 Å². The Morgan fingerprint density at radius 3 is 2.75 bits per heavy atom. The van der Waals surface area contributed by atoms with E-state index < -0.39 is 44.5 Å². The molecule has 8 heteroatoms. The molecule has 1 amide bonds. The second-order valence-electron chi connectivity index (χ2n) is 7.88. The molecule has 0 spiro atoms. The van der Waals surface area contributed by atoms with Gasteiger partial charge in [0.05, 0.1) is 23.9 Å². The first kappa shape index (κ1) is 13.3. The van der Waals surface area contributed by atoms with Gasteiger partial charge < -0.3 is 15.7 Å². The van der Waals surface area contributed by atoms with Gasteiger partial charge in [0.15, 0.2) is 0 Å². The van der Waals surface area contributed by atoms with Crippen LogP contribution in [0.4, 0.5) is 10.2 Å². The SMILES string of the molecule is [2H]C([2H])([2H])n1cc(-c2cc(-c3cc(C(=O)NC4CC4)c(F)cc3C)cnc2NC(CO)(C([2H])([2H])[2H])C([2H])([2H])[2H])cn1. The van der Waals surface area contributed by atoms with Gasteiger partial charge in [0.1, 0.15) is 11.6 Å². The monoisotopic (exact) mass is 446 g/mol. The van der Waals surface area contributed by atoms with Crippen LogP contribution in [0.15, 0.2) is 36.8 Å². The molecule has 168 valence electrons. The lowest BCUT2D eigenvalue weighted by atomic mass is 9.96. The fraction of sp³-hybridized carbons (Fsp3) is 0.375. The van der Waals surface area contributed by atoms with E-state index in [1.165, 1.54) is 30.6 Å². The van der Waals surface area contributed by atoms with Gasteiger partial charge in [-0.25, -0.2) is 9.37 Å². The minimum absolute atomic E-state index is 0.0109. The highest BCUT2D eigenvalue weighted by atomic mass is 19.1. The number of hydrogen-bond donors (Lipinski definition) is 3. The molecule has 32 heavy (non-hydrogen) atoms. The van der Waals surface area contributed by atoms with Crippen molar-refractivity contribution in [1.29, 1.82) is 0 Å². The standard InChI is InChI=1S/C24H28FN5O2/c1-14-7-21(25)20(23(32)28-17-5-6-17)9-18(14)15-8-19(16-11-27-30(4)12-16)22(26-10-15)29-24(2,3)13-31/h7-12,17,31H,5-6,13H2,1-4H3,(H,26,29)(H,28,32)/i2D3,3D3,4D3. The van der Waals surface area contributed by atoms with Gasteiger partial charge in [-0.3, -0.25) is 9.48 Å². The van der Waals surface area contributed by atoms with Crippen molar-refractivity contribution < 1.29 is 26.6 Å². The maximum absolute atomic E-state index is 14.8. The number of hydrogen-bond acceptors (Lipinski definition) is 5.